The van der Waals surface area contributed by atoms with Crippen LogP contribution < -0.4 is 10.0 Å². The van der Waals surface area contributed by atoms with Gasteiger partial charge < -0.3 is 10.1 Å². The highest BCUT2D eigenvalue weighted by atomic mass is 35.5. The van der Waals surface area contributed by atoms with Crippen LogP contribution in [-0.4, -0.2) is 33.6 Å². The first kappa shape index (κ1) is 23.4. The number of nitrogens with one attached hydrogen (secondary N) is 2. The molecular weight excluding hydrogens is 460 g/mol. The number of sulfonamides is 1. The van der Waals surface area contributed by atoms with Gasteiger partial charge in [0, 0.05) is 18.7 Å². The van der Waals surface area contributed by atoms with E-state index in [2.05, 4.69) is 10.0 Å². The van der Waals surface area contributed by atoms with Gasteiger partial charge in [0.15, 0.2) is 0 Å². The van der Waals surface area contributed by atoms with Crippen LogP contribution in [0.5, 0.6) is 0 Å². The zero-order valence-corrected chi connectivity index (χ0v) is 19.5. The molecule has 3 aromatic carbocycles. The second-order valence-electron chi connectivity index (χ2n) is 7.86. The van der Waals surface area contributed by atoms with Crippen LogP contribution in [0.2, 0.25) is 5.02 Å². The maximum absolute atomic E-state index is 13.2. The van der Waals surface area contributed by atoms with Crippen LogP contribution in [0.25, 0.3) is 0 Å². The minimum absolute atomic E-state index is 0.0501. The standard InChI is InChI=1S/C25H25ClN2O4S/c26-22-14-13-20(16-23(22)33(30,31)27-17-21-12-7-15-32-21)25(29)28-24(18-8-3-1-4-9-18)19-10-5-2-6-11-19/h1-6,8-11,13-14,16,21,24,27H,7,12,15,17H2,(H,28,29). The minimum Gasteiger partial charge on any atom is -0.377 e. The number of carbonyl (C=O) groups is 1. The number of halogens is 1. The van der Waals surface area contributed by atoms with Crippen molar-refractivity contribution in [3.05, 3.63) is 101 Å². The van der Waals surface area contributed by atoms with E-state index >= 15 is 0 Å². The predicted octanol–water partition coefficient (Wildman–Crippen LogP) is 4.32. The van der Waals surface area contributed by atoms with E-state index < -0.39 is 22.0 Å². The molecule has 1 amide bonds. The lowest BCUT2D eigenvalue weighted by molar-refractivity contribution is 0.0942. The number of rotatable bonds is 8. The number of hydrogen-bond acceptors (Lipinski definition) is 4. The van der Waals surface area contributed by atoms with Gasteiger partial charge in [-0.2, -0.15) is 0 Å². The third kappa shape index (κ3) is 5.81. The van der Waals surface area contributed by atoms with Gasteiger partial charge in [-0.05, 0) is 42.2 Å². The van der Waals surface area contributed by atoms with E-state index in [4.69, 9.17) is 16.3 Å². The van der Waals surface area contributed by atoms with Gasteiger partial charge in [0.05, 0.1) is 17.2 Å². The summed E-state index contributed by atoms with van der Waals surface area (Å²) >= 11 is 6.20. The monoisotopic (exact) mass is 484 g/mol. The number of hydrogen-bond donors (Lipinski definition) is 2. The maximum Gasteiger partial charge on any atom is 0.252 e. The van der Waals surface area contributed by atoms with Crippen LogP contribution in [0.15, 0.2) is 83.8 Å². The Morgan fingerprint density at radius 2 is 1.64 bits per heavy atom. The Bertz CT molecular complexity index is 1160. The molecule has 2 N–H and O–H groups in total. The maximum atomic E-state index is 13.2. The molecule has 172 valence electrons. The first-order chi connectivity index (χ1) is 15.9. The lowest BCUT2D eigenvalue weighted by Crippen LogP contribution is -2.32. The Balaban J connectivity index is 1.57. The van der Waals surface area contributed by atoms with Crippen molar-refractivity contribution >= 4 is 27.5 Å². The van der Waals surface area contributed by atoms with Crippen molar-refractivity contribution in [3.8, 4) is 0 Å². The minimum atomic E-state index is -3.91. The molecule has 33 heavy (non-hydrogen) atoms. The Labute approximate surface area is 199 Å². The number of ether oxygens (including phenoxy) is 1. The molecular formula is C25H25ClN2O4S. The first-order valence-electron chi connectivity index (χ1n) is 10.8. The van der Waals surface area contributed by atoms with E-state index in [1.165, 1.54) is 18.2 Å². The molecule has 0 aliphatic carbocycles. The van der Waals surface area contributed by atoms with Crippen molar-refractivity contribution in [2.75, 3.05) is 13.2 Å². The molecule has 3 aromatic rings. The third-order valence-electron chi connectivity index (χ3n) is 5.55. The Morgan fingerprint density at radius 1 is 1.00 bits per heavy atom. The first-order valence-corrected chi connectivity index (χ1v) is 12.6. The zero-order valence-electron chi connectivity index (χ0n) is 17.9. The van der Waals surface area contributed by atoms with Crippen LogP contribution in [0.1, 0.15) is 40.4 Å². The van der Waals surface area contributed by atoms with Crippen LogP contribution in [-0.2, 0) is 14.8 Å². The van der Waals surface area contributed by atoms with Crippen molar-refractivity contribution in [2.24, 2.45) is 0 Å². The predicted molar refractivity (Wildman–Crippen MR) is 128 cm³/mol. The van der Waals surface area contributed by atoms with E-state index in [0.29, 0.717) is 6.61 Å². The topological polar surface area (TPSA) is 84.5 Å². The Morgan fingerprint density at radius 3 is 2.21 bits per heavy atom. The van der Waals surface area contributed by atoms with Gasteiger partial charge in [-0.25, -0.2) is 13.1 Å². The molecule has 8 heteroatoms. The second-order valence-corrected chi connectivity index (χ2v) is 10.0. The average Bonchev–Trinajstić information content (AvgIpc) is 3.36. The highest BCUT2D eigenvalue weighted by molar-refractivity contribution is 7.89. The van der Waals surface area contributed by atoms with E-state index in [1.807, 2.05) is 60.7 Å². The number of benzene rings is 3. The van der Waals surface area contributed by atoms with Crippen molar-refractivity contribution in [1.82, 2.24) is 10.0 Å². The van der Waals surface area contributed by atoms with Gasteiger partial charge in [0.1, 0.15) is 4.90 Å². The highest BCUT2D eigenvalue weighted by Gasteiger charge is 2.24. The summed E-state index contributed by atoms with van der Waals surface area (Å²) < 4.78 is 33.8. The fraction of sp³-hybridized carbons (Fsp3) is 0.240. The van der Waals surface area contributed by atoms with Crippen LogP contribution >= 0.6 is 11.6 Å². The molecule has 1 saturated heterocycles. The van der Waals surface area contributed by atoms with Gasteiger partial charge >= 0.3 is 0 Å². The fourth-order valence-electron chi connectivity index (χ4n) is 3.80. The molecule has 1 unspecified atom stereocenters. The summed E-state index contributed by atoms with van der Waals surface area (Å²) in [5.41, 5.74) is 2.03. The molecule has 6 nitrogen and oxygen atoms in total. The summed E-state index contributed by atoms with van der Waals surface area (Å²) in [5, 5.41) is 3.07. The molecule has 0 radical (unpaired) electrons. The fourth-order valence-corrected chi connectivity index (χ4v) is 5.39. The van der Waals surface area contributed by atoms with Crippen LogP contribution in [0, 0.1) is 0 Å². The smallest absolute Gasteiger partial charge is 0.252 e. The summed E-state index contributed by atoms with van der Waals surface area (Å²) in [5.74, 6) is -0.403. The summed E-state index contributed by atoms with van der Waals surface area (Å²) in [4.78, 5) is 13.0. The SMILES string of the molecule is O=C(NC(c1ccccc1)c1ccccc1)c1ccc(Cl)c(S(=O)(=O)NCC2CCCO2)c1. The van der Waals surface area contributed by atoms with Crippen molar-refractivity contribution < 1.29 is 17.9 Å². The largest absolute Gasteiger partial charge is 0.377 e. The molecule has 1 atom stereocenters. The van der Waals surface area contributed by atoms with Gasteiger partial charge in [0.2, 0.25) is 10.0 Å². The molecule has 0 aromatic heterocycles. The summed E-state index contributed by atoms with van der Waals surface area (Å²) in [6.07, 6.45) is 1.56. The molecule has 4 rings (SSSR count). The molecule has 1 aliphatic rings. The lowest BCUT2D eigenvalue weighted by atomic mass is 9.98. The molecule has 1 fully saturated rings. The molecule has 0 bridgehead atoms. The zero-order chi connectivity index (χ0) is 23.3. The van der Waals surface area contributed by atoms with Gasteiger partial charge in [-0.15, -0.1) is 0 Å². The third-order valence-corrected chi connectivity index (χ3v) is 7.45. The quantitative estimate of drug-likeness (QED) is 0.498. The van der Waals surface area contributed by atoms with Crippen molar-refractivity contribution in [1.29, 1.82) is 0 Å². The molecule has 1 aliphatic heterocycles. The van der Waals surface area contributed by atoms with E-state index in [9.17, 15) is 13.2 Å². The van der Waals surface area contributed by atoms with Gasteiger partial charge in [0.25, 0.3) is 5.91 Å². The van der Waals surface area contributed by atoms with Crippen molar-refractivity contribution in [2.45, 2.75) is 29.9 Å². The number of carbonyl (C=O) groups excluding carboxylic acids is 1. The highest BCUT2D eigenvalue weighted by Crippen LogP contribution is 2.25. The van der Waals surface area contributed by atoms with Crippen LogP contribution in [0.3, 0.4) is 0 Å². The summed E-state index contributed by atoms with van der Waals surface area (Å²) in [6, 6.07) is 23.0. The van der Waals surface area contributed by atoms with Crippen molar-refractivity contribution in [3.63, 3.8) is 0 Å². The van der Waals surface area contributed by atoms with E-state index in [-0.39, 0.29) is 28.1 Å². The average molecular weight is 485 g/mol. The van der Waals surface area contributed by atoms with Gasteiger partial charge in [-0.1, -0.05) is 72.3 Å². The van der Waals surface area contributed by atoms with Crippen LogP contribution in [0.4, 0.5) is 0 Å². The van der Waals surface area contributed by atoms with Gasteiger partial charge in [-0.3, -0.25) is 4.79 Å². The van der Waals surface area contributed by atoms with E-state index in [1.54, 1.807) is 0 Å². The second kappa shape index (κ2) is 10.5. The summed E-state index contributed by atoms with van der Waals surface area (Å²) in [7, 11) is -3.91. The Kier molecular flexibility index (Phi) is 7.45. The Hall–Kier alpha value is -2.71. The molecule has 1 heterocycles. The molecule has 0 saturated carbocycles. The lowest BCUT2D eigenvalue weighted by Gasteiger charge is -2.20. The van der Waals surface area contributed by atoms with E-state index in [0.717, 1.165) is 24.0 Å². The summed E-state index contributed by atoms with van der Waals surface area (Å²) in [6.45, 7) is 0.798. The normalized spacial score (nSPS) is 16.1. The number of amides is 1. The molecule has 0 spiro atoms.